The van der Waals surface area contributed by atoms with Gasteiger partial charge in [-0.05, 0) is 41.5 Å². The van der Waals surface area contributed by atoms with Crippen molar-refractivity contribution in [2.24, 2.45) is 11.8 Å². The van der Waals surface area contributed by atoms with Crippen molar-refractivity contribution in [1.82, 2.24) is 4.90 Å². The highest BCUT2D eigenvalue weighted by Crippen LogP contribution is 2.53. The molecule has 0 bridgehead atoms. The van der Waals surface area contributed by atoms with Gasteiger partial charge in [-0.15, -0.1) is 0 Å². The van der Waals surface area contributed by atoms with Crippen LogP contribution < -0.4 is 29.2 Å². The van der Waals surface area contributed by atoms with Crippen LogP contribution in [0.1, 0.15) is 17.2 Å². The van der Waals surface area contributed by atoms with Crippen molar-refractivity contribution in [3.05, 3.63) is 78.0 Å². The lowest BCUT2D eigenvalue weighted by Crippen LogP contribution is -2.46. The summed E-state index contributed by atoms with van der Waals surface area (Å²) in [5, 5.41) is 2.94. The monoisotopic (exact) mass is 523 g/mol. The number of carbonyl (C=O) groups excluding carboxylic acids is 3. The predicted molar refractivity (Wildman–Crippen MR) is 137 cm³/mol. The molecule has 2 saturated heterocycles. The van der Waals surface area contributed by atoms with E-state index in [2.05, 4.69) is 5.32 Å². The smallest absolute Gasteiger partial charge is 0.247 e. The van der Waals surface area contributed by atoms with Gasteiger partial charge >= 0.3 is 0 Å². The number of hydrogen-bond donors (Lipinski definition) is 1. The lowest BCUT2D eigenvalue weighted by atomic mass is 9.84. The minimum Gasteiger partial charge on any atom is -0.454 e. The molecular formula is C29H21N3O7. The van der Waals surface area contributed by atoms with E-state index in [0.717, 1.165) is 11.1 Å². The predicted octanol–water partition coefficient (Wildman–Crippen LogP) is 3.30. The summed E-state index contributed by atoms with van der Waals surface area (Å²) < 4.78 is 21.7. The normalized spacial score (nSPS) is 25.0. The van der Waals surface area contributed by atoms with E-state index in [-0.39, 0.29) is 25.4 Å². The summed E-state index contributed by atoms with van der Waals surface area (Å²) in [5.74, 6) is -0.643. The molecule has 5 aliphatic rings. The molecule has 0 saturated carbocycles. The number of benzene rings is 3. The van der Waals surface area contributed by atoms with Crippen LogP contribution in [0, 0.1) is 11.8 Å². The van der Waals surface area contributed by atoms with Crippen LogP contribution in [-0.2, 0) is 14.4 Å². The number of anilines is 2. The van der Waals surface area contributed by atoms with Crippen molar-refractivity contribution < 1.29 is 33.3 Å². The Morgan fingerprint density at radius 2 is 1.49 bits per heavy atom. The maximum Gasteiger partial charge on any atom is 0.247 e. The molecule has 10 heteroatoms. The third-order valence-electron chi connectivity index (χ3n) is 7.98. The molecule has 3 amide bonds. The van der Waals surface area contributed by atoms with Gasteiger partial charge in [0.05, 0.1) is 23.6 Å². The highest BCUT2D eigenvalue weighted by molar-refractivity contribution is 6.24. The first kappa shape index (κ1) is 22.0. The largest absolute Gasteiger partial charge is 0.454 e. The Morgan fingerprint density at radius 3 is 2.31 bits per heavy atom. The van der Waals surface area contributed by atoms with Gasteiger partial charge in [0.25, 0.3) is 0 Å². The summed E-state index contributed by atoms with van der Waals surface area (Å²) in [6, 6.07) is 16.5. The van der Waals surface area contributed by atoms with E-state index in [4.69, 9.17) is 18.9 Å². The fraction of sp³-hybridized carbons (Fsp3) is 0.207. The van der Waals surface area contributed by atoms with Gasteiger partial charge < -0.3 is 29.2 Å². The van der Waals surface area contributed by atoms with E-state index in [9.17, 15) is 14.4 Å². The van der Waals surface area contributed by atoms with Crippen LogP contribution in [0.15, 0.2) is 66.9 Å². The molecule has 0 aromatic heterocycles. The van der Waals surface area contributed by atoms with Crippen LogP contribution in [0.4, 0.5) is 11.4 Å². The second-order valence-corrected chi connectivity index (χ2v) is 9.94. The second-order valence-electron chi connectivity index (χ2n) is 9.94. The topological polar surface area (TPSA) is 107 Å². The lowest BCUT2D eigenvalue weighted by molar-refractivity contribution is -0.128. The molecule has 194 valence electrons. The molecule has 10 nitrogen and oxygen atoms in total. The molecule has 1 N–H and O–H groups in total. The molecule has 3 aromatic rings. The van der Waals surface area contributed by atoms with Crippen LogP contribution in [0.2, 0.25) is 0 Å². The lowest BCUT2D eigenvalue weighted by Gasteiger charge is -2.35. The van der Waals surface area contributed by atoms with Gasteiger partial charge in [-0.3, -0.25) is 14.4 Å². The number of imide groups is 1. The van der Waals surface area contributed by atoms with Gasteiger partial charge in [-0.25, -0.2) is 4.90 Å². The Hall–Kier alpha value is -4.99. The first-order valence-electron chi connectivity index (χ1n) is 12.6. The van der Waals surface area contributed by atoms with Gasteiger partial charge in [0.2, 0.25) is 31.3 Å². The molecule has 39 heavy (non-hydrogen) atoms. The molecule has 3 aromatic carbocycles. The molecule has 0 aliphatic carbocycles. The van der Waals surface area contributed by atoms with Crippen LogP contribution in [0.5, 0.6) is 23.0 Å². The van der Waals surface area contributed by atoms with Crippen LogP contribution in [0.3, 0.4) is 0 Å². The Labute approximate surface area is 222 Å². The van der Waals surface area contributed by atoms with E-state index >= 15 is 0 Å². The number of nitrogens with one attached hydrogen (secondary N) is 1. The first-order chi connectivity index (χ1) is 19.1. The van der Waals surface area contributed by atoms with E-state index in [1.165, 1.54) is 4.90 Å². The third-order valence-corrected chi connectivity index (χ3v) is 7.98. The maximum atomic E-state index is 14.0. The molecular weight excluding hydrogens is 502 g/mol. The zero-order chi connectivity index (χ0) is 26.2. The number of rotatable bonds is 3. The summed E-state index contributed by atoms with van der Waals surface area (Å²) in [5.41, 5.74) is 2.76. The maximum absolute atomic E-state index is 14.0. The van der Waals surface area contributed by atoms with E-state index in [0.29, 0.717) is 34.4 Å². The third kappa shape index (κ3) is 3.11. The Kier molecular flexibility index (Phi) is 4.52. The molecule has 4 unspecified atom stereocenters. The molecule has 0 radical (unpaired) electrons. The zero-order valence-corrected chi connectivity index (χ0v) is 20.4. The van der Waals surface area contributed by atoms with Crippen molar-refractivity contribution in [3.63, 3.8) is 0 Å². The number of hydrogen-bond acceptors (Lipinski definition) is 8. The number of carbonyl (C=O) groups is 3. The van der Waals surface area contributed by atoms with E-state index in [1.807, 2.05) is 41.4 Å². The molecule has 8 rings (SSSR count). The fourth-order valence-corrected chi connectivity index (χ4v) is 6.33. The highest BCUT2D eigenvalue weighted by atomic mass is 16.7. The fourth-order valence-electron chi connectivity index (χ4n) is 6.33. The number of nitrogens with zero attached hydrogens (tertiary/aromatic N) is 2. The second kappa shape index (κ2) is 8.00. The number of amides is 3. The van der Waals surface area contributed by atoms with Gasteiger partial charge in [-0.2, -0.15) is 0 Å². The van der Waals surface area contributed by atoms with Crippen LogP contribution in [-0.4, -0.2) is 42.2 Å². The average Bonchev–Trinajstić information content (AvgIpc) is 3.72. The van der Waals surface area contributed by atoms with Gasteiger partial charge in [0, 0.05) is 24.0 Å². The summed E-state index contributed by atoms with van der Waals surface area (Å²) >= 11 is 0. The first-order valence-corrected chi connectivity index (χ1v) is 12.6. The molecule has 5 heterocycles. The van der Waals surface area contributed by atoms with Crippen molar-refractivity contribution in [2.75, 3.05) is 23.8 Å². The standard InChI is InChI=1S/C29H21N3O7/c33-27(30-16-5-7-19-21(11-16)38-13-36-19)26-24-23(25-18-4-2-1-3-15(18)9-10-31(25)26)28(34)32(29(24)35)17-6-8-20-22(12-17)39-14-37-20/h1-12,23-26H,13-14H2,(H,30,33). The van der Waals surface area contributed by atoms with Gasteiger partial charge in [0.1, 0.15) is 6.04 Å². The highest BCUT2D eigenvalue weighted by Gasteiger charge is 2.64. The van der Waals surface area contributed by atoms with Crippen LogP contribution in [0.25, 0.3) is 6.08 Å². The van der Waals surface area contributed by atoms with Crippen molar-refractivity contribution in [2.45, 2.75) is 12.1 Å². The summed E-state index contributed by atoms with van der Waals surface area (Å²) in [6.07, 6.45) is 3.74. The van der Waals surface area contributed by atoms with E-state index < -0.39 is 29.8 Å². The quantitative estimate of drug-likeness (QED) is 0.522. The van der Waals surface area contributed by atoms with Crippen molar-refractivity contribution in [3.8, 4) is 23.0 Å². The van der Waals surface area contributed by atoms with Gasteiger partial charge in [0.15, 0.2) is 23.0 Å². The average molecular weight is 524 g/mol. The van der Waals surface area contributed by atoms with Crippen molar-refractivity contribution >= 4 is 35.2 Å². The number of fused-ring (bicyclic) bond motifs is 7. The Morgan fingerprint density at radius 1 is 0.795 bits per heavy atom. The Balaban J connectivity index is 1.20. The molecule has 5 aliphatic heterocycles. The van der Waals surface area contributed by atoms with Gasteiger partial charge in [-0.1, -0.05) is 24.3 Å². The minimum absolute atomic E-state index is 0.0776. The summed E-state index contributed by atoms with van der Waals surface area (Å²) in [4.78, 5) is 45.0. The van der Waals surface area contributed by atoms with Crippen molar-refractivity contribution in [1.29, 1.82) is 0 Å². The molecule has 4 atom stereocenters. The van der Waals surface area contributed by atoms with Crippen LogP contribution >= 0.6 is 0 Å². The minimum atomic E-state index is -0.912. The van der Waals surface area contributed by atoms with E-state index in [1.54, 1.807) is 36.4 Å². The number of ether oxygens (including phenoxy) is 4. The Bertz CT molecular complexity index is 1620. The zero-order valence-electron chi connectivity index (χ0n) is 20.4. The molecule has 2 fully saturated rings. The summed E-state index contributed by atoms with van der Waals surface area (Å²) in [7, 11) is 0. The molecule has 0 spiro atoms. The SMILES string of the molecule is O=C(Nc1ccc2c(c1)OCO2)C1C2C(=O)N(c3ccc4c(c3)OCO4)C(=O)C2C2c3ccccc3C=CN12. The summed E-state index contributed by atoms with van der Waals surface area (Å²) in [6.45, 7) is 0.194.